The van der Waals surface area contributed by atoms with E-state index in [1.807, 2.05) is 7.05 Å². The third kappa shape index (κ3) is 2.66. The van der Waals surface area contributed by atoms with Crippen LogP contribution in [-0.4, -0.2) is 33.8 Å². The Morgan fingerprint density at radius 2 is 2.06 bits per heavy atom. The third-order valence-electron chi connectivity index (χ3n) is 2.34. The third-order valence-corrected chi connectivity index (χ3v) is 2.50. The number of rotatable bonds is 2. The molecule has 2 aromatic heterocycles. The van der Waals surface area contributed by atoms with Crippen LogP contribution >= 0.6 is 11.6 Å². The molecular weight excluding hydrogens is 238 g/mol. The van der Waals surface area contributed by atoms with Gasteiger partial charge in [-0.3, -0.25) is 5.10 Å². The molecular formula is C11H16ClN5. The monoisotopic (exact) mass is 253 g/mol. The minimum Gasteiger partial charge on any atom is -0.358 e. The smallest absolute Gasteiger partial charge is 0.226 e. The predicted molar refractivity (Wildman–Crippen MR) is 69.4 cm³/mol. The Labute approximate surface area is 105 Å². The fourth-order valence-corrected chi connectivity index (χ4v) is 2.04. The maximum absolute atomic E-state index is 5.90. The highest BCUT2D eigenvalue weighted by Crippen LogP contribution is 2.25. The van der Waals surface area contributed by atoms with Gasteiger partial charge in [-0.25, -0.2) is 0 Å². The molecule has 0 aliphatic rings. The number of nitrogens with zero attached hydrogens (tertiary/aromatic N) is 4. The minimum absolute atomic E-state index is 0.183. The van der Waals surface area contributed by atoms with Crippen molar-refractivity contribution in [3.05, 3.63) is 11.5 Å². The van der Waals surface area contributed by atoms with Crippen molar-refractivity contribution < 1.29 is 0 Å². The number of halogens is 1. The number of hydrogen-bond acceptors (Lipinski definition) is 4. The number of nitrogens with one attached hydrogen (secondary N) is 1. The van der Waals surface area contributed by atoms with Gasteiger partial charge in [-0.15, -0.1) is 0 Å². The van der Waals surface area contributed by atoms with Crippen molar-refractivity contribution in [1.82, 2.24) is 20.2 Å². The lowest BCUT2D eigenvalue weighted by molar-refractivity contribution is 0.418. The molecule has 2 rings (SSSR count). The average molecular weight is 254 g/mol. The normalized spacial score (nSPS) is 12.1. The van der Waals surface area contributed by atoms with Crippen molar-refractivity contribution in [1.29, 1.82) is 0 Å². The molecule has 0 saturated carbocycles. The van der Waals surface area contributed by atoms with Crippen LogP contribution < -0.4 is 4.90 Å². The first-order valence-electron chi connectivity index (χ1n) is 5.44. The lowest BCUT2D eigenvalue weighted by atomic mass is 9.96. The van der Waals surface area contributed by atoms with Gasteiger partial charge in [0.25, 0.3) is 0 Å². The summed E-state index contributed by atoms with van der Waals surface area (Å²) in [6, 6.07) is 0. The molecule has 6 heteroatoms. The molecule has 1 N–H and O–H groups in total. The van der Waals surface area contributed by atoms with Gasteiger partial charge in [0.05, 0.1) is 11.6 Å². The molecule has 0 atom stereocenters. The molecule has 0 fully saturated rings. The molecule has 0 spiro atoms. The molecule has 0 aliphatic carbocycles. The van der Waals surface area contributed by atoms with Gasteiger partial charge in [-0.2, -0.15) is 15.1 Å². The first-order chi connectivity index (χ1) is 7.87. The second-order valence-corrected chi connectivity index (χ2v) is 5.70. The van der Waals surface area contributed by atoms with E-state index >= 15 is 0 Å². The zero-order valence-electron chi connectivity index (χ0n) is 10.5. The molecule has 0 unspecified atom stereocenters. The lowest BCUT2D eigenvalue weighted by Crippen LogP contribution is -2.29. The number of fused-ring (bicyclic) bond motifs is 1. The van der Waals surface area contributed by atoms with Crippen molar-refractivity contribution in [2.24, 2.45) is 5.41 Å². The summed E-state index contributed by atoms with van der Waals surface area (Å²) < 4.78 is 0. The van der Waals surface area contributed by atoms with Crippen LogP contribution in [0, 0.1) is 5.41 Å². The van der Waals surface area contributed by atoms with Gasteiger partial charge in [-0.1, -0.05) is 20.8 Å². The summed E-state index contributed by atoms with van der Waals surface area (Å²) >= 11 is 5.90. The second kappa shape index (κ2) is 4.14. The van der Waals surface area contributed by atoms with Crippen LogP contribution in [0.2, 0.25) is 5.28 Å². The van der Waals surface area contributed by atoms with Gasteiger partial charge in [-0.05, 0) is 17.0 Å². The van der Waals surface area contributed by atoms with Crippen LogP contribution in [0.3, 0.4) is 0 Å². The van der Waals surface area contributed by atoms with E-state index in [-0.39, 0.29) is 10.7 Å². The van der Waals surface area contributed by atoms with Crippen LogP contribution in [0.15, 0.2) is 6.20 Å². The van der Waals surface area contributed by atoms with Crippen LogP contribution in [0.1, 0.15) is 20.8 Å². The molecule has 0 aromatic carbocycles. The Balaban J connectivity index is 2.43. The molecule has 0 aliphatic heterocycles. The molecule has 0 amide bonds. The summed E-state index contributed by atoms with van der Waals surface area (Å²) in [5.74, 6) is 0.809. The Kier molecular flexibility index (Phi) is 2.95. The highest BCUT2D eigenvalue weighted by atomic mass is 35.5. The van der Waals surface area contributed by atoms with Gasteiger partial charge < -0.3 is 4.90 Å². The summed E-state index contributed by atoms with van der Waals surface area (Å²) in [6.07, 6.45) is 1.72. The Morgan fingerprint density at radius 3 is 2.71 bits per heavy atom. The number of H-pyrrole nitrogens is 1. The first kappa shape index (κ1) is 12.1. The second-order valence-electron chi connectivity index (χ2n) is 5.37. The van der Waals surface area contributed by atoms with Gasteiger partial charge in [0, 0.05) is 13.6 Å². The summed E-state index contributed by atoms with van der Waals surface area (Å²) in [7, 11) is 2.00. The van der Waals surface area contributed by atoms with E-state index in [9.17, 15) is 0 Å². The predicted octanol–water partition coefficient (Wildman–Crippen LogP) is 2.49. The fraction of sp³-hybridized carbons (Fsp3) is 0.545. The quantitative estimate of drug-likeness (QED) is 0.836. The average Bonchev–Trinajstić information content (AvgIpc) is 2.60. The first-order valence-corrected chi connectivity index (χ1v) is 5.82. The molecule has 0 saturated heterocycles. The zero-order chi connectivity index (χ0) is 12.6. The molecule has 17 heavy (non-hydrogen) atoms. The topological polar surface area (TPSA) is 57.7 Å². The number of anilines is 1. The Morgan fingerprint density at radius 1 is 1.35 bits per heavy atom. The lowest BCUT2D eigenvalue weighted by Gasteiger charge is -2.27. The van der Waals surface area contributed by atoms with Crippen molar-refractivity contribution in [2.75, 3.05) is 18.5 Å². The maximum atomic E-state index is 5.90. The Hall–Kier alpha value is -1.36. The highest BCUT2D eigenvalue weighted by molar-refractivity contribution is 6.28. The van der Waals surface area contributed by atoms with Crippen molar-refractivity contribution in [3.63, 3.8) is 0 Å². The van der Waals surface area contributed by atoms with E-state index < -0.39 is 0 Å². The molecule has 0 radical (unpaired) electrons. The standard InChI is InChI=1S/C11H16ClN5/c1-11(2,3)6-17(4)9-7-5-13-16-8(7)14-10(12)15-9/h5H,6H2,1-4H3,(H,13,14,15,16). The molecule has 2 aromatic rings. The zero-order valence-corrected chi connectivity index (χ0v) is 11.2. The van der Waals surface area contributed by atoms with E-state index in [1.54, 1.807) is 6.20 Å². The van der Waals surface area contributed by atoms with Crippen molar-refractivity contribution in [2.45, 2.75) is 20.8 Å². The van der Waals surface area contributed by atoms with Crippen molar-refractivity contribution >= 4 is 28.5 Å². The van der Waals surface area contributed by atoms with E-state index in [4.69, 9.17) is 11.6 Å². The van der Waals surface area contributed by atoms with E-state index in [1.165, 1.54) is 0 Å². The van der Waals surface area contributed by atoms with Crippen LogP contribution in [0.4, 0.5) is 5.82 Å². The maximum Gasteiger partial charge on any atom is 0.226 e. The summed E-state index contributed by atoms with van der Waals surface area (Å²) in [6.45, 7) is 7.41. The molecule has 0 bridgehead atoms. The molecule has 2 heterocycles. The molecule has 5 nitrogen and oxygen atoms in total. The summed E-state index contributed by atoms with van der Waals surface area (Å²) in [5.41, 5.74) is 0.850. The largest absolute Gasteiger partial charge is 0.358 e. The minimum atomic E-state index is 0.183. The number of aromatic nitrogens is 4. The van der Waals surface area contributed by atoms with Crippen molar-refractivity contribution in [3.8, 4) is 0 Å². The number of hydrogen-bond donors (Lipinski definition) is 1. The fourth-order valence-electron chi connectivity index (χ4n) is 1.87. The van der Waals surface area contributed by atoms with Gasteiger partial charge in [0.15, 0.2) is 5.65 Å². The van der Waals surface area contributed by atoms with E-state index in [2.05, 4.69) is 45.8 Å². The van der Waals surface area contributed by atoms with Gasteiger partial charge in [0.2, 0.25) is 5.28 Å². The molecule has 92 valence electrons. The van der Waals surface area contributed by atoms with E-state index in [0.29, 0.717) is 5.65 Å². The van der Waals surface area contributed by atoms with Crippen LogP contribution in [0.25, 0.3) is 11.0 Å². The van der Waals surface area contributed by atoms with Gasteiger partial charge >= 0.3 is 0 Å². The Bertz CT molecular complexity index is 528. The summed E-state index contributed by atoms with van der Waals surface area (Å²) in [4.78, 5) is 10.4. The SMILES string of the molecule is CN(CC(C)(C)C)c1nc(Cl)nc2[nH]ncc12. The number of aromatic amines is 1. The summed E-state index contributed by atoms with van der Waals surface area (Å²) in [5, 5.41) is 7.90. The van der Waals surface area contributed by atoms with Crippen LogP contribution in [-0.2, 0) is 0 Å². The highest BCUT2D eigenvalue weighted by Gasteiger charge is 2.18. The van der Waals surface area contributed by atoms with Gasteiger partial charge in [0.1, 0.15) is 5.82 Å². The van der Waals surface area contributed by atoms with Crippen LogP contribution in [0.5, 0.6) is 0 Å². The van der Waals surface area contributed by atoms with E-state index in [0.717, 1.165) is 17.7 Å².